The molecule has 1 saturated carbocycles. The molecule has 0 aliphatic heterocycles. The zero-order valence-electron chi connectivity index (χ0n) is 11.1. The third-order valence-electron chi connectivity index (χ3n) is 3.76. The summed E-state index contributed by atoms with van der Waals surface area (Å²) in [6.07, 6.45) is 5.36. The summed E-state index contributed by atoms with van der Waals surface area (Å²) in [4.78, 5) is 4.39. The average Bonchev–Trinajstić information content (AvgIpc) is 2.91. The van der Waals surface area contributed by atoms with Gasteiger partial charge in [0.25, 0.3) is 0 Å². The molecule has 0 aromatic heterocycles. The van der Waals surface area contributed by atoms with Gasteiger partial charge in [-0.1, -0.05) is 43.2 Å². The molecule has 2 rings (SSSR count). The zero-order valence-corrected chi connectivity index (χ0v) is 11.1. The van der Waals surface area contributed by atoms with Crippen LogP contribution in [0.15, 0.2) is 35.3 Å². The van der Waals surface area contributed by atoms with E-state index in [4.69, 9.17) is 5.73 Å². The average molecular weight is 245 g/mol. The molecule has 1 aromatic rings. The number of hydrogen-bond donors (Lipinski definition) is 2. The van der Waals surface area contributed by atoms with Crippen LogP contribution in [0.1, 0.15) is 38.2 Å². The Labute approximate surface area is 109 Å². The van der Waals surface area contributed by atoms with Gasteiger partial charge in [-0.05, 0) is 31.2 Å². The van der Waals surface area contributed by atoms with Gasteiger partial charge in [-0.2, -0.15) is 0 Å². The number of rotatable bonds is 4. The van der Waals surface area contributed by atoms with E-state index in [0.29, 0.717) is 18.5 Å². The van der Waals surface area contributed by atoms with E-state index in [2.05, 4.69) is 29.4 Å². The quantitative estimate of drug-likeness (QED) is 0.633. The van der Waals surface area contributed by atoms with Crippen molar-refractivity contribution >= 4 is 5.96 Å². The molecule has 0 spiro atoms. The minimum Gasteiger partial charge on any atom is -0.370 e. The lowest BCUT2D eigenvalue weighted by Crippen LogP contribution is -2.41. The van der Waals surface area contributed by atoms with Gasteiger partial charge in [0, 0.05) is 6.04 Å². The van der Waals surface area contributed by atoms with Crippen molar-refractivity contribution in [2.45, 2.75) is 45.2 Å². The first kappa shape index (κ1) is 12.9. The number of nitrogens with zero attached hydrogens (tertiary/aromatic N) is 1. The summed E-state index contributed by atoms with van der Waals surface area (Å²) < 4.78 is 0. The van der Waals surface area contributed by atoms with Crippen molar-refractivity contribution < 1.29 is 0 Å². The van der Waals surface area contributed by atoms with Crippen LogP contribution in [0, 0.1) is 5.92 Å². The van der Waals surface area contributed by atoms with Gasteiger partial charge in [-0.15, -0.1) is 0 Å². The van der Waals surface area contributed by atoms with Crippen molar-refractivity contribution in [3.63, 3.8) is 0 Å². The maximum Gasteiger partial charge on any atom is 0.189 e. The third-order valence-corrected chi connectivity index (χ3v) is 3.76. The molecule has 1 atom stereocenters. The van der Waals surface area contributed by atoms with E-state index in [0.717, 1.165) is 5.92 Å². The third kappa shape index (κ3) is 3.76. The molecule has 1 aliphatic rings. The second-order valence-corrected chi connectivity index (χ2v) is 5.16. The Morgan fingerprint density at radius 3 is 2.67 bits per heavy atom. The summed E-state index contributed by atoms with van der Waals surface area (Å²) in [5.74, 6) is 1.33. The molecule has 1 fully saturated rings. The number of nitrogens with one attached hydrogen (secondary N) is 1. The summed E-state index contributed by atoms with van der Waals surface area (Å²) in [5, 5.41) is 3.32. The summed E-state index contributed by atoms with van der Waals surface area (Å²) >= 11 is 0. The normalized spacial score (nSPS) is 18.8. The van der Waals surface area contributed by atoms with Crippen molar-refractivity contribution in [3.05, 3.63) is 35.9 Å². The van der Waals surface area contributed by atoms with E-state index in [-0.39, 0.29) is 0 Å². The molecule has 0 unspecified atom stereocenters. The molecular formula is C15H23N3. The van der Waals surface area contributed by atoms with Crippen LogP contribution in [0.25, 0.3) is 0 Å². The van der Waals surface area contributed by atoms with Gasteiger partial charge in [-0.25, -0.2) is 4.99 Å². The zero-order chi connectivity index (χ0) is 12.8. The van der Waals surface area contributed by atoms with Crippen LogP contribution in [-0.2, 0) is 6.54 Å². The van der Waals surface area contributed by atoms with Crippen LogP contribution >= 0.6 is 0 Å². The molecule has 0 heterocycles. The Hall–Kier alpha value is -1.51. The van der Waals surface area contributed by atoms with Crippen molar-refractivity contribution in [1.29, 1.82) is 0 Å². The fraction of sp³-hybridized carbons (Fsp3) is 0.533. The molecule has 3 N–H and O–H groups in total. The maximum absolute atomic E-state index is 5.93. The van der Waals surface area contributed by atoms with E-state index >= 15 is 0 Å². The molecule has 0 amide bonds. The van der Waals surface area contributed by atoms with E-state index in [1.807, 2.05) is 18.2 Å². The predicted molar refractivity (Wildman–Crippen MR) is 76.3 cm³/mol. The van der Waals surface area contributed by atoms with Crippen LogP contribution in [0.3, 0.4) is 0 Å². The fourth-order valence-electron chi connectivity index (χ4n) is 2.61. The van der Waals surface area contributed by atoms with Crippen LogP contribution in [0.2, 0.25) is 0 Å². The second-order valence-electron chi connectivity index (χ2n) is 5.16. The minimum absolute atomic E-state index is 0.437. The smallest absolute Gasteiger partial charge is 0.189 e. The van der Waals surface area contributed by atoms with Gasteiger partial charge in [-0.3, -0.25) is 0 Å². The molecule has 3 nitrogen and oxygen atoms in total. The van der Waals surface area contributed by atoms with Gasteiger partial charge in [0.05, 0.1) is 6.54 Å². The molecule has 1 aliphatic carbocycles. The first-order valence-electron chi connectivity index (χ1n) is 6.86. The highest BCUT2D eigenvalue weighted by Crippen LogP contribution is 2.27. The van der Waals surface area contributed by atoms with Crippen LogP contribution in [0.4, 0.5) is 0 Å². The molecule has 0 saturated heterocycles. The lowest BCUT2D eigenvalue weighted by atomic mass is 10.0. The predicted octanol–water partition coefficient (Wildman–Crippen LogP) is 2.67. The van der Waals surface area contributed by atoms with Crippen LogP contribution < -0.4 is 11.1 Å². The maximum atomic E-state index is 5.93. The van der Waals surface area contributed by atoms with Gasteiger partial charge in [0.2, 0.25) is 0 Å². The molecule has 3 heteroatoms. The SMILES string of the molecule is C[C@H](NC(N)=NCc1ccccc1)C1CCCC1. The lowest BCUT2D eigenvalue weighted by Gasteiger charge is -2.20. The standard InChI is InChI=1S/C15H23N3/c1-12(14-9-5-6-10-14)18-15(16)17-11-13-7-3-2-4-8-13/h2-4,7-8,12,14H,5-6,9-11H2,1H3,(H3,16,17,18)/t12-/m0/s1. The number of aliphatic imine (C=N–C) groups is 1. The largest absolute Gasteiger partial charge is 0.370 e. The highest BCUT2D eigenvalue weighted by atomic mass is 15.1. The van der Waals surface area contributed by atoms with E-state index < -0.39 is 0 Å². The fourth-order valence-corrected chi connectivity index (χ4v) is 2.61. The van der Waals surface area contributed by atoms with Gasteiger partial charge in [0.1, 0.15) is 0 Å². The number of benzene rings is 1. The Bertz CT molecular complexity index is 380. The number of nitrogens with two attached hydrogens (primary N) is 1. The highest BCUT2D eigenvalue weighted by Gasteiger charge is 2.21. The number of hydrogen-bond acceptors (Lipinski definition) is 1. The first-order chi connectivity index (χ1) is 8.75. The Kier molecular flexibility index (Phi) is 4.62. The van der Waals surface area contributed by atoms with Crippen molar-refractivity contribution in [2.75, 3.05) is 0 Å². The first-order valence-corrected chi connectivity index (χ1v) is 6.86. The minimum atomic E-state index is 0.437. The van der Waals surface area contributed by atoms with Crippen molar-refractivity contribution in [1.82, 2.24) is 5.32 Å². The van der Waals surface area contributed by atoms with Crippen molar-refractivity contribution in [3.8, 4) is 0 Å². The molecular weight excluding hydrogens is 222 g/mol. The topological polar surface area (TPSA) is 50.4 Å². The lowest BCUT2D eigenvalue weighted by molar-refractivity contribution is 0.425. The Morgan fingerprint density at radius 1 is 1.33 bits per heavy atom. The molecule has 98 valence electrons. The van der Waals surface area contributed by atoms with Gasteiger partial charge < -0.3 is 11.1 Å². The molecule has 0 bridgehead atoms. The second kappa shape index (κ2) is 6.43. The van der Waals surface area contributed by atoms with E-state index in [1.165, 1.54) is 31.2 Å². The molecule has 1 aromatic carbocycles. The summed E-state index contributed by atoms with van der Waals surface area (Å²) in [6.45, 7) is 2.86. The highest BCUT2D eigenvalue weighted by molar-refractivity contribution is 5.78. The van der Waals surface area contributed by atoms with Crippen LogP contribution in [0.5, 0.6) is 0 Å². The Balaban J connectivity index is 1.81. The van der Waals surface area contributed by atoms with Crippen LogP contribution in [-0.4, -0.2) is 12.0 Å². The van der Waals surface area contributed by atoms with Crippen molar-refractivity contribution in [2.24, 2.45) is 16.6 Å². The summed E-state index contributed by atoms with van der Waals surface area (Å²) in [7, 11) is 0. The molecule has 0 radical (unpaired) electrons. The monoisotopic (exact) mass is 245 g/mol. The summed E-state index contributed by atoms with van der Waals surface area (Å²) in [6, 6.07) is 10.6. The Morgan fingerprint density at radius 2 is 2.00 bits per heavy atom. The van der Waals surface area contributed by atoms with E-state index in [9.17, 15) is 0 Å². The summed E-state index contributed by atoms with van der Waals surface area (Å²) in [5.41, 5.74) is 7.12. The van der Waals surface area contributed by atoms with E-state index in [1.54, 1.807) is 0 Å². The van der Waals surface area contributed by atoms with Gasteiger partial charge in [0.15, 0.2) is 5.96 Å². The number of guanidine groups is 1. The molecule has 18 heavy (non-hydrogen) atoms. The van der Waals surface area contributed by atoms with Gasteiger partial charge >= 0.3 is 0 Å².